The maximum absolute atomic E-state index is 12.5. The largest absolute Gasteiger partial charge is 0.490 e. The number of rotatable bonds is 11. The number of amides is 1. The molecule has 0 aliphatic rings. The Bertz CT molecular complexity index is 985. The summed E-state index contributed by atoms with van der Waals surface area (Å²) in [7, 11) is 0. The number of hydrogen-bond acceptors (Lipinski definition) is 5. The molecule has 1 heterocycles. The molecule has 6 nitrogen and oxygen atoms in total. The van der Waals surface area contributed by atoms with Gasteiger partial charge in [-0.05, 0) is 37.4 Å². The van der Waals surface area contributed by atoms with Gasteiger partial charge < -0.3 is 19.4 Å². The van der Waals surface area contributed by atoms with Crippen LogP contribution in [0.2, 0.25) is 5.02 Å². The second-order valence-corrected chi connectivity index (χ2v) is 7.42. The molecule has 1 N–H and O–H groups in total. The van der Waals surface area contributed by atoms with Crippen LogP contribution in [-0.4, -0.2) is 42.0 Å². The molecule has 3 rings (SSSR count). The molecule has 0 radical (unpaired) electrons. The van der Waals surface area contributed by atoms with E-state index in [-0.39, 0.29) is 12.3 Å². The second kappa shape index (κ2) is 11.5. The van der Waals surface area contributed by atoms with Gasteiger partial charge in [-0.3, -0.25) is 4.79 Å². The predicted octanol–water partition coefficient (Wildman–Crippen LogP) is 5.29. The Labute approximate surface area is 188 Å². The van der Waals surface area contributed by atoms with Crippen molar-refractivity contribution >= 4 is 23.2 Å². The number of ether oxygens (including phenoxy) is 1. The maximum atomic E-state index is 12.5. The Balaban J connectivity index is 1.53. The fourth-order valence-corrected chi connectivity index (χ4v) is 3.39. The summed E-state index contributed by atoms with van der Waals surface area (Å²) in [5.41, 5.74) is 1.44. The molecular formula is C24H28ClN3O3. The molecule has 0 atom stereocenters. The average Bonchev–Trinajstić information content (AvgIpc) is 3.25. The van der Waals surface area contributed by atoms with Gasteiger partial charge in [-0.1, -0.05) is 49.7 Å². The van der Waals surface area contributed by atoms with Crippen molar-refractivity contribution in [1.29, 1.82) is 0 Å². The summed E-state index contributed by atoms with van der Waals surface area (Å²) < 4.78 is 11.7. The van der Waals surface area contributed by atoms with Crippen molar-refractivity contribution in [3.8, 4) is 17.1 Å². The van der Waals surface area contributed by atoms with Crippen LogP contribution in [0.1, 0.15) is 26.2 Å². The Hall–Kier alpha value is -2.83. The van der Waals surface area contributed by atoms with Gasteiger partial charge in [0.1, 0.15) is 12.4 Å². The average molecular weight is 442 g/mol. The number of likely N-dealkylation sites (N-methyl/N-ethyl adjacent to an activating group) is 1. The number of aromatic nitrogens is 1. The van der Waals surface area contributed by atoms with Gasteiger partial charge in [-0.25, -0.2) is 4.98 Å². The first kappa shape index (κ1) is 22.8. The van der Waals surface area contributed by atoms with Crippen LogP contribution < -0.4 is 10.1 Å². The molecule has 0 aliphatic heterocycles. The Morgan fingerprint density at radius 3 is 2.65 bits per heavy atom. The molecule has 2 aromatic carbocycles. The summed E-state index contributed by atoms with van der Waals surface area (Å²) >= 11 is 6.20. The molecule has 31 heavy (non-hydrogen) atoms. The first-order valence-electron chi connectivity index (χ1n) is 10.5. The van der Waals surface area contributed by atoms with Crippen LogP contribution in [0.15, 0.2) is 59.1 Å². The highest BCUT2D eigenvalue weighted by atomic mass is 35.5. The molecule has 1 amide bonds. The van der Waals surface area contributed by atoms with Crippen LogP contribution in [0, 0.1) is 0 Å². The number of carbonyl (C=O) groups is 1. The minimum absolute atomic E-state index is 0.128. The van der Waals surface area contributed by atoms with E-state index in [1.807, 2.05) is 42.5 Å². The van der Waals surface area contributed by atoms with E-state index in [0.29, 0.717) is 41.1 Å². The van der Waals surface area contributed by atoms with E-state index < -0.39 is 0 Å². The Kier molecular flexibility index (Phi) is 8.50. The first-order valence-corrected chi connectivity index (χ1v) is 10.9. The number of nitrogens with zero attached hydrogens (tertiary/aromatic N) is 2. The molecule has 0 fully saturated rings. The molecule has 0 spiro atoms. The highest BCUT2D eigenvalue weighted by molar-refractivity contribution is 6.33. The van der Waals surface area contributed by atoms with Gasteiger partial charge in [0.15, 0.2) is 11.7 Å². The van der Waals surface area contributed by atoms with Gasteiger partial charge >= 0.3 is 0 Å². The van der Waals surface area contributed by atoms with Gasteiger partial charge in [0, 0.05) is 24.9 Å². The van der Waals surface area contributed by atoms with Crippen molar-refractivity contribution in [2.45, 2.75) is 26.7 Å². The molecule has 3 aromatic rings. The van der Waals surface area contributed by atoms with E-state index in [1.54, 1.807) is 12.3 Å². The SMILES string of the molecule is CCN(CC)CCOc1ccccc1NC(=O)CCc1ncc(-c2ccccc2Cl)o1. The third-order valence-electron chi connectivity index (χ3n) is 4.98. The van der Waals surface area contributed by atoms with Crippen LogP contribution >= 0.6 is 11.6 Å². The monoisotopic (exact) mass is 441 g/mol. The zero-order valence-electron chi connectivity index (χ0n) is 17.9. The van der Waals surface area contributed by atoms with Crippen LogP contribution in [0.3, 0.4) is 0 Å². The minimum atomic E-state index is -0.128. The predicted molar refractivity (Wildman–Crippen MR) is 124 cm³/mol. The highest BCUT2D eigenvalue weighted by Gasteiger charge is 2.12. The number of nitrogens with one attached hydrogen (secondary N) is 1. The maximum Gasteiger partial charge on any atom is 0.224 e. The van der Waals surface area contributed by atoms with Crippen molar-refractivity contribution in [2.24, 2.45) is 0 Å². The standard InChI is InChI=1S/C24H28ClN3O3/c1-3-28(4-2)15-16-30-21-12-8-7-11-20(21)27-23(29)13-14-24-26-17-22(31-24)18-9-5-6-10-19(18)25/h5-12,17H,3-4,13-16H2,1-2H3,(H,27,29). The topological polar surface area (TPSA) is 67.6 Å². The quantitative estimate of drug-likeness (QED) is 0.438. The molecule has 0 bridgehead atoms. The molecule has 7 heteroatoms. The van der Waals surface area contributed by atoms with E-state index in [2.05, 4.69) is 29.0 Å². The summed E-state index contributed by atoms with van der Waals surface area (Å²) in [5.74, 6) is 1.62. The van der Waals surface area contributed by atoms with Gasteiger partial charge in [-0.2, -0.15) is 0 Å². The molecule has 0 saturated carbocycles. The van der Waals surface area contributed by atoms with E-state index in [0.717, 1.165) is 25.2 Å². The lowest BCUT2D eigenvalue weighted by molar-refractivity contribution is -0.116. The summed E-state index contributed by atoms with van der Waals surface area (Å²) in [4.78, 5) is 19.0. The van der Waals surface area contributed by atoms with Crippen molar-refractivity contribution in [1.82, 2.24) is 9.88 Å². The molecule has 164 valence electrons. The normalized spacial score (nSPS) is 11.0. The highest BCUT2D eigenvalue weighted by Crippen LogP contribution is 2.28. The van der Waals surface area contributed by atoms with Crippen LogP contribution in [0.5, 0.6) is 5.75 Å². The van der Waals surface area contributed by atoms with Crippen LogP contribution in [0.4, 0.5) is 5.69 Å². The first-order chi connectivity index (χ1) is 15.1. The summed E-state index contributed by atoms with van der Waals surface area (Å²) in [5, 5.41) is 3.52. The summed E-state index contributed by atoms with van der Waals surface area (Å²) in [6.07, 6.45) is 2.27. The van der Waals surface area contributed by atoms with Gasteiger partial charge in [-0.15, -0.1) is 0 Å². The number of anilines is 1. The molecular weight excluding hydrogens is 414 g/mol. The van der Waals surface area contributed by atoms with Crippen molar-refractivity contribution in [3.05, 3.63) is 65.6 Å². The smallest absolute Gasteiger partial charge is 0.224 e. The molecule has 0 saturated heterocycles. The van der Waals surface area contributed by atoms with Crippen molar-refractivity contribution in [2.75, 3.05) is 31.6 Å². The van der Waals surface area contributed by atoms with E-state index in [1.165, 1.54) is 0 Å². The second-order valence-electron chi connectivity index (χ2n) is 7.02. The number of halogens is 1. The van der Waals surface area contributed by atoms with Gasteiger partial charge in [0.25, 0.3) is 0 Å². The fraction of sp³-hybridized carbons (Fsp3) is 0.333. The minimum Gasteiger partial charge on any atom is -0.490 e. The summed E-state index contributed by atoms with van der Waals surface area (Å²) in [6.45, 7) is 7.63. The third kappa shape index (κ3) is 6.57. The molecule has 0 aliphatic carbocycles. The van der Waals surface area contributed by atoms with Crippen molar-refractivity contribution < 1.29 is 13.9 Å². The number of carbonyl (C=O) groups excluding carboxylic acids is 1. The van der Waals surface area contributed by atoms with Crippen LogP contribution in [0.25, 0.3) is 11.3 Å². The number of oxazole rings is 1. The zero-order chi connectivity index (χ0) is 22.1. The lowest BCUT2D eigenvalue weighted by Crippen LogP contribution is -2.28. The number of para-hydroxylation sites is 2. The Morgan fingerprint density at radius 1 is 1.13 bits per heavy atom. The number of hydrogen-bond donors (Lipinski definition) is 1. The summed E-state index contributed by atoms with van der Waals surface area (Å²) in [6, 6.07) is 14.9. The van der Waals surface area contributed by atoms with E-state index in [4.69, 9.17) is 20.8 Å². The van der Waals surface area contributed by atoms with Crippen LogP contribution in [-0.2, 0) is 11.2 Å². The fourth-order valence-electron chi connectivity index (χ4n) is 3.16. The lowest BCUT2D eigenvalue weighted by Gasteiger charge is -2.19. The Morgan fingerprint density at radius 2 is 1.87 bits per heavy atom. The van der Waals surface area contributed by atoms with E-state index >= 15 is 0 Å². The molecule has 0 unspecified atom stereocenters. The third-order valence-corrected chi connectivity index (χ3v) is 5.31. The molecule has 1 aromatic heterocycles. The van der Waals surface area contributed by atoms with Gasteiger partial charge in [0.2, 0.25) is 5.91 Å². The van der Waals surface area contributed by atoms with E-state index in [9.17, 15) is 4.79 Å². The zero-order valence-corrected chi connectivity index (χ0v) is 18.7. The number of aryl methyl sites for hydroxylation is 1. The number of benzene rings is 2. The van der Waals surface area contributed by atoms with Gasteiger partial charge in [0.05, 0.1) is 16.9 Å². The van der Waals surface area contributed by atoms with Crippen molar-refractivity contribution in [3.63, 3.8) is 0 Å². The lowest BCUT2D eigenvalue weighted by atomic mass is 10.2.